The van der Waals surface area contributed by atoms with E-state index in [2.05, 4.69) is 15.5 Å². The highest BCUT2D eigenvalue weighted by Crippen LogP contribution is 1.97. The lowest BCUT2D eigenvalue weighted by Crippen LogP contribution is -2.25. The molecule has 0 bridgehead atoms. The lowest BCUT2D eigenvalue weighted by Gasteiger charge is -2.01. The van der Waals surface area contributed by atoms with Crippen molar-refractivity contribution in [3.05, 3.63) is 11.7 Å². The Labute approximate surface area is 98.2 Å². The first kappa shape index (κ1) is 13.1. The Bertz CT molecular complexity index is 389. The molecular weight excluding hydrogens is 226 g/mol. The highest BCUT2D eigenvalue weighted by atomic mass is 16.5. The topological polar surface area (TPSA) is 105 Å². The molecule has 1 heterocycles. The minimum Gasteiger partial charge on any atom is -0.481 e. The summed E-state index contributed by atoms with van der Waals surface area (Å²) >= 11 is 0. The average molecular weight is 241 g/mol. The summed E-state index contributed by atoms with van der Waals surface area (Å²) < 4.78 is 4.77. The summed E-state index contributed by atoms with van der Waals surface area (Å²) in [4.78, 5) is 25.5. The summed E-state index contributed by atoms with van der Waals surface area (Å²) in [5, 5.41) is 14.7. The molecule has 2 N–H and O–H groups in total. The van der Waals surface area contributed by atoms with Gasteiger partial charge in [0.2, 0.25) is 11.8 Å². The number of aryl methyl sites for hydroxylation is 1. The smallest absolute Gasteiger partial charge is 0.303 e. The Balaban J connectivity index is 2.10. The van der Waals surface area contributed by atoms with Crippen LogP contribution in [0.5, 0.6) is 0 Å². The lowest BCUT2D eigenvalue weighted by molar-refractivity contribution is -0.137. The number of hydrogen-bond acceptors (Lipinski definition) is 5. The molecule has 0 aliphatic carbocycles. The van der Waals surface area contributed by atoms with Crippen molar-refractivity contribution in [2.24, 2.45) is 0 Å². The number of carbonyl (C=O) groups excluding carboxylic acids is 1. The number of carbonyl (C=O) groups is 2. The second kappa shape index (κ2) is 6.62. The molecular formula is C10H15N3O4. The average Bonchev–Trinajstić information content (AvgIpc) is 2.63. The lowest BCUT2D eigenvalue weighted by atomic mass is 10.2. The van der Waals surface area contributed by atoms with Crippen LogP contribution in [0.3, 0.4) is 0 Å². The van der Waals surface area contributed by atoms with Gasteiger partial charge in [-0.1, -0.05) is 5.16 Å². The summed E-state index contributed by atoms with van der Waals surface area (Å²) in [6.45, 7) is 2.12. The maximum Gasteiger partial charge on any atom is 0.303 e. The number of aromatic nitrogens is 2. The van der Waals surface area contributed by atoms with Crippen LogP contribution in [0.25, 0.3) is 0 Å². The van der Waals surface area contributed by atoms with Crippen molar-refractivity contribution < 1.29 is 19.2 Å². The summed E-state index contributed by atoms with van der Waals surface area (Å²) in [7, 11) is 0. The van der Waals surface area contributed by atoms with E-state index in [4.69, 9.17) is 9.63 Å². The quantitative estimate of drug-likeness (QED) is 0.710. The molecule has 0 fully saturated rings. The number of nitrogens with zero attached hydrogens (tertiary/aromatic N) is 2. The normalized spacial score (nSPS) is 10.2. The van der Waals surface area contributed by atoms with E-state index in [1.54, 1.807) is 6.92 Å². The zero-order chi connectivity index (χ0) is 12.7. The second-order valence-electron chi connectivity index (χ2n) is 3.58. The van der Waals surface area contributed by atoms with Crippen LogP contribution >= 0.6 is 0 Å². The zero-order valence-electron chi connectivity index (χ0n) is 9.60. The van der Waals surface area contributed by atoms with Crippen LogP contribution in [0.15, 0.2) is 4.52 Å². The Morgan fingerprint density at radius 3 is 2.76 bits per heavy atom. The molecule has 1 rings (SSSR count). The molecule has 7 heteroatoms. The predicted octanol–water partition coefficient (Wildman–Crippen LogP) is 0.292. The molecule has 7 nitrogen and oxygen atoms in total. The van der Waals surface area contributed by atoms with Crippen LogP contribution in [-0.2, 0) is 16.0 Å². The summed E-state index contributed by atoms with van der Waals surface area (Å²) in [5.41, 5.74) is 0. The van der Waals surface area contributed by atoms with Crippen molar-refractivity contribution >= 4 is 11.9 Å². The summed E-state index contributed by atoms with van der Waals surface area (Å²) in [5.74, 6) is -0.00680. The van der Waals surface area contributed by atoms with Crippen molar-refractivity contribution in [2.45, 2.75) is 32.6 Å². The van der Waals surface area contributed by atoms with E-state index in [-0.39, 0.29) is 18.7 Å². The van der Waals surface area contributed by atoms with Crippen LogP contribution in [0, 0.1) is 6.92 Å². The van der Waals surface area contributed by atoms with Crippen LogP contribution in [0.2, 0.25) is 0 Å². The fourth-order valence-electron chi connectivity index (χ4n) is 1.25. The highest BCUT2D eigenvalue weighted by Gasteiger charge is 2.05. The van der Waals surface area contributed by atoms with Gasteiger partial charge in [0.25, 0.3) is 0 Å². The summed E-state index contributed by atoms with van der Waals surface area (Å²) in [6, 6.07) is 0. The van der Waals surface area contributed by atoms with Gasteiger partial charge in [0, 0.05) is 32.7 Å². The molecule has 0 aliphatic heterocycles. The number of carboxylic acid groups (broad SMARTS) is 1. The number of amides is 1. The number of hydrogen-bond donors (Lipinski definition) is 2. The monoisotopic (exact) mass is 241 g/mol. The number of aliphatic carboxylic acids is 1. The third kappa shape index (κ3) is 5.64. The molecule has 0 aromatic carbocycles. The maximum atomic E-state index is 11.3. The van der Waals surface area contributed by atoms with Gasteiger partial charge < -0.3 is 14.9 Å². The molecule has 0 saturated heterocycles. The molecule has 94 valence electrons. The molecule has 0 radical (unpaired) electrons. The van der Waals surface area contributed by atoms with Gasteiger partial charge in [0.1, 0.15) is 0 Å². The van der Waals surface area contributed by atoms with Crippen LogP contribution in [0.4, 0.5) is 0 Å². The third-order valence-electron chi connectivity index (χ3n) is 2.03. The predicted molar refractivity (Wildman–Crippen MR) is 57.2 cm³/mol. The van der Waals surface area contributed by atoms with E-state index >= 15 is 0 Å². The van der Waals surface area contributed by atoms with E-state index in [0.717, 1.165) is 0 Å². The molecule has 1 aromatic heterocycles. The van der Waals surface area contributed by atoms with Crippen LogP contribution in [0.1, 0.15) is 31.0 Å². The largest absolute Gasteiger partial charge is 0.481 e. The first-order valence-electron chi connectivity index (χ1n) is 5.35. The minimum atomic E-state index is -0.889. The van der Waals surface area contributed by atoms with Crippen molar-refractivity contribution in [1.29, 1.82) is 0 Å². The van der Waals surface area contributed by atoms with Crippen molar-refractivity contribution in [3.8, 4) is 0 Å². The van der Waals surface area contributed by atoms with Gasteiger partial charge in [-0.3, -0.25) is 9.59 Å². The molecule has 0 unspecified atom stereocenters. The number of nitrogens with one attached hydrogen (secondary N) is 1. The molecule has 1 aromatic rings. The van der Waals surface area contributed by atoms with Gasteiger partial charge in [-0.25, -0.2) is 0 Å². The van der Waals surface area contributed by atoms with Crippen molar-refractivity contribution in [3.63, 3.8) is 0 Å². The van der Waals surface area contributed by atoms with Gasteiger partial charge in [0.15, 0.2) is 5.82 Å². The minimum absolute atomic E-state index is 0.0114. The summed E-state index contributed by atoms with van der Waals surface area (Å²) in [6.07, 6.45) is 1.08. The van der Waals surface area contributed by atoms with Gasteiger partial charge in [-0.2, -0.15) is 4.98 Å². The van der Waals surface area contributed by atoms with E-state index < -0.39 is 5.97 Å². The fourth-order valence-corrected chi connectivity index (χ4v) is 1.25. The van der Waals surface area contributed by atoms with Crippen LogP contribution < -0.4 is 5.32 Å². The van der Waals surface area contributed by atoms with Crippen molar-refractivity contribution in [2.75, 3.05) is 6.54 Å². The molecule has 0 atom stereocenters. The molecule has 0 aliphatic rings. The fraction of sp³-hybridized carbons (Fsp3) is 0.600. The van der Waals surface area contributed by atoms with Gasteiger partial charge in [-0.15, -0.1) is 0 Å². The van der Waals surface area contributed by atoms with E-state index in [1.807, 2.05) is 0 Å². The Hall–Kier alpha value is -1.92. The van der Waals surface area contributed by atoms with Gasteiger partial charge in [0.05, 0.1) is 0 Å². The Morgan fingerprint density at radius 1 is 1.41 bits per heavy atom. The van der Waals surface area contributed by atoms with Crippen molar-refractivity contribution in [1.82, 2.24) is 15.5 Å². The van der Waals surface area contributed by atoms with Gasteiger partial charge >= 0.3 is 5.97 Å². The van der Waals surface area contributed by atoms with E-state index in [9.17, 15) is 9.59 Å². The Morgan fingerprint density at radius 2 is 2.18 bits per heavy atom. The Kier molecular flexibility index (Phi) is 5.12. The number of rotatable bonds is 7. The first-order chi connectivity index (χ1) is 8.08. The second-order valence-corrected chi connectivity index (χ2v) is 3.58. The van der Waals surface area contributed by atoms with E-state index in [0.29, 0.717) is 31.1 Å². The van der Waals surface area contributed by atoms with E-state index in [1.165, 1.54) is 0 Å². The standard InChI is InChI=1S/C10H15N3O4/c1-7-12-8(13-17-7)5-6-11-9(14)3-2-4-10(15)16/h2-6H2,1H3,(H,11,14)(H,15,16). The van der Waals surface area contributed by atoms with Gasteiger partial charge in [-0.05, 0) is 6.42 Å². The molecule has 17 heavy (non-hydrogen) atoms. The molecule has 0 saturated carbocycles. The number of carboxylic acids is 1. The molecule has 0 spiro atoms. The highest BCUT2D eigenvalue weighted by molar-refractivity contribution is 5.76. The first-order valence-corrected chi connectivity index (χ1v) is 5.35. The third-order valence-corrected chi connectivity index (χ3v) is 2.03. The zero-order valence-corrected chi connectivity index (χ0v) is 9.60. The molecule has 1 amide bonds. The SMILES string of the molecule is Cc1nc(CCNC(=O)CCCC(=O)O)no1. The van der Waals surface area contributed by atoms with Crippen LogP contribution in [-0.4, -0.2) is 33.7 Å². The maximum absolute atomic E-state index is 11.3.